The number of hydrogen-bond acceptors (Lipinski definition) is 2. The van der Waals surface area contributed by atoms with E-state index in [-0.39, 0.29) is 5.91 Å². The van der Waals surface area contributed by atoms with Gasteiger partial charge < -0.3 is 4.90 Å². The van der Waals surface area contributed by atoms with Crippen molar-refractivity contribution in [3.8, 4) is 0 Å². The molecule has 0 atom stereocenters. The van der Waals surface area contributed by atoms with Crippen LogP contribution in [0.3, 0.4) is 0 Å². The van der Waals surface area contributed by atoms with E-state index in [0.29, 0.717) is 11.6 Å². The molecular weight excluding hydrogens is 334 g/mol. The number of amides is 1. The summed E-state index contributed by atoms with van der Waals surface area (Å²) in [6.07, 6.45) is 0. The Morgan fingerprint density at radius 2 is 2.17 bits per heavy atom. The van der Waals surface area contributed by atoms with Gasteiger partial charge in [0.1, 0.15) is 0 Å². The first-order valence-corrected chi connectivity index (χ1v) is 7.30. The lowest BCUT2D eigenvalue weighted by atomic mass is 10.2. The maximum absolute atomic E-state index is 12.1. The Hall–Kier alpha value is -0.840. The Labute approximate surface area is 123 Å². The first-order valence-electron chi connectivity index (χ1n) is 5.31. The van der Waals surface area contributed by atoms with Gasteiger partial charge in [0.15, 0.2) is 0 Å². The van der Waals surface area contributed by atoms with Crippen LogP contribution in [0.2, 0.25) is 5.02 Å². The van der Waals surface area contributed by atoms with E-state index in [2.05, 4.69) is 15.9 Å². The fraction of sp³-hybridized carbons (Fsp3) is 0.154. The number of carbonyl (C=O) groups is 1. The molecule has 0 unspecified atom stereocenters. The molecule has 2 nitrogen and oxygen atoms in total. The van der Waals surface area contributed by atoms with Gasteiger partial charge in [-0.15, -0.1) is 11.3 Å². The quantitative estimate of drug-likeness (QED) is 0.806. The Bertz CT molecular complexity index is 570. The summed E-state index contributed by atoms with van der Waals surface area (Å²) in [4.78, 5) is 14.5. The SMILES string of the molecule is CN(Cc1cccc(Cl)c1)C(=O)c1ccc(Br)s1. The van der Waals surface area contributed by atoms with Gasteiger partial charge in [0.25, 0.3) is 5.91 Å². The number of carbonyl (C=O) groups excluding carboxylic acids is 1. The summed E-state index contributed by atoms with van der Waals surface area (Å²) in [6.45, 7) is 0.551. The monoisotopic (exact) mass is 343 g/mol. The van der Waals surface area contributed by atoms with Gasteiger partial charge in [-0.1, -0.05) is 23.7 Å². The van der Waals surface area contributed by atoms with Crippen molar-refractivity contribution in [2.75, 3.05) is 7.05 Å². The van der Waals surface area contributed by atoms with Crippen molar-refractivity contribution in [1.82, 2.24) is 4.90 Å². The summed E-state index contributed by atoms with van der Waals surface area (Å²) in [6, 6.07) is 11.2. The Balaban J connectivity index is 2.08. The third kappa shape index (κ3) is 3.34. The second kappa shape index (κ2) is 5.87. The fourth-order valence-electron chi connectivity index (χ4n) is 1.60. The van der Waals surface area contributed by atoms with Crippen molar-refractivity contribution in [3.63, 3.8) is 0 Å². The molecule has 0 aliphatic carbocycles. The molecule has 1 aromatic carbocycles. The highest BCUT2D eigenvalue weighted by Crippen LogP contribution is 2.23. The molecule has 0 radical (unpaired) electrons. The van der Waals surface area contributed by atoms with Crippen LogP contribution < -0.4 is 0 Å². The van der Waals surface area contributed by atoms with Crippen LogP contribution in [0.1, 0.15) is 15.2 Å². The Morgan fingerprint density at radius 1 is 1.39 bits per heavy atom. The number of hydrogen-bond donors (Lipinski definition) is 0. The summed E-state index contributed by atoms with van der Waals surface area (Å²) in [7, 11) is 1.79. The average molecular weight is 345 g/mol. The molecule has 2 aromatic rings. The highest BCUT2D eigenvalue weighted by Gasteiger charge is 2.14. The van der Waals surface area contributed by atoms with E-state index in [4.69, 9.17) is 11.6 Å². The second-order valence-corrected chi connectivity index (χ2v) is 6.79. The molecule has 0 saturated heterocycles. The first-order chi connectivity index (χ1) is 8.56. The van der Waals surface area contributed by atoms with E-state index < -0.39 is 0 Å². The van der Waals surface area contributed by atoms with Crippen molar-refractivity contribution in [2.45, 2.75) is 6.54 Å². The zero-order chi connectivity index (χ0) is 13.1. The molecular formula is C13H11BrClNOS. The minimum absolute atomic E-state index is 0.0191. The molecule has 94 valence electrons. The van der Waals surface area contributed by atoms with Crippen LogP contribution in [-0.4, -0.2) is 17.9 Å². The largest absolute Gasteiger partial charge is 0.337 e. The average Bonchev–Trinajstić information content (AvgIpc) is 2.75. The highest BCUT2D eigenvalue weighted by molar-refractivity contribution is 9.11. The topological polar surface area (TPSA) is 20.3 Å². The van der Waals surface area contributed by atoms with E-state index in [0.717, 1.165) is 14.2 Å². The maximum Gasteiger partial charge on any atom is 0.264 e. The number of rotatable bonds is 3. The number of benzene rings is 1. The third-order valence-electron chi connectivity index (χ3n) is 2.44. The van der Waals surface area contributed by atoms with Crippen LogP contribution in [0.25, 0.3) is 0 Å². The third-order valence-corrected chi connectivity index (χ3v) is 4.29. The molecule has 1 aromatic heterocycles. The molecule has 0 aliphatic rings. The molecule has 2 rings (SSSR count). The van der Waals surface area contributed by atoms with Crippen LogP contribution in [0.4, 0.5) is 0 Å². The fourth-order valence-corrected chi connectivity index (χ4v) is 3.19. The number of nitrogens with zero attached hydrogens (tertiary/aromatic N) is 1. The van der Waals surface area contributed by atoms with Crippen LogP contribution in [0.15, 0.2) is 40.2 Å². The van der Waals surface area contributed by atoms with Gasteiger partial charge in [-0.2, -0.15) is 0 Å². The molecule has 1 amide bonds. The number of thiophene rings is 1. The smallest absolute Gasteiger partial charge is 0.264 e. The van der Waals surface area contributed by atoms with Gasteiger partial charge in [-0.3, -0.25) is 4.79 Å². The van der Waals surface area contributed by atoms with Crippen molar-refractivity contribution < 1.29 is 4.79 Å². The van der Waals surface area contributed by atoms with Gasteiger partial charge in [-0.05, 0) is 45.8 Å². The van der Waals surface area contributed by atoms with Crippen LogP contribution >= 0.6 is 38.9 Å². The second-order valence-electron chi connectivity index (χ2n) is 3.89. The zero-order valence-corrected chi connectivity index (χ0v) is 12.8. The predicted molar refractivity (Wildman–Crippen MR) is 79.3 cm³/mol. The van der Waals surface area contributed by atoms with Gasteiger partial charge >= 0.3 is 0 Å². The number of halogens is 2. The standard InChI is InChI=1S/C13H11BrClNOS/c1-16(8-9-3-2-4-10(15)7-9)13(17)11-5-6-12(14)18-11/h2-7H,8H2,1H3. The minimum atomic E-state index is 0.0191. The van der Waals surface area contributed by atoms with E-state index in [1.54, 1.807) is 11.9 Å². The molecule has 0 saturated carbocycles. The van der Waals surface area contributed by atoms with Crippen molar-refractivity contribution in [1.29, 1.82) is 0 Å². The van der Waals surface area contributed by atoms with Crippen LogP contribution in [0.5, 0.6) is 0 Å². The van der Waals surface area contributed by atoms with Crippen molar-refractivity contribution >= 4 is 44.8 Å². The molecule has 1 heterocycles. The van der Waals surface area contributed by atoms with Gasteiger partial charge in [0.2, 0.25) is 0 Å². The Morgan fingerprint density at radius 3 is 2.78 bits per heavy atom. The van der Waals surface area contributed by atoms with Crippen LogP contribution in [-0.2, 0) is 6.54 Å². The van der Waals surface area contributed by atoms with Crippen molar-refractivity contribution in [3.05, 3.63) is 55.6 Å². The summed E-state index contributed by atoms with van der Waals surface area (Å²) >= 11 is 10.7. The van der Waals surface area contributed by atoms with E-state index in [1.807, 2.05) is 36.4 Å². The molecule has 0 bridgehead atoms. The highest BCUT2D eigenvalue weighted by atomic mass is 79.9. The predicted octanol–water partition coefficient (Wildman–Crippen LogP) is 4.44. The first kappa shape index (κ1) is 13.6. The van der Waals surface area contributed by atoms with Gasteiger partial charge in [0.05, 0.1) is 8.66 Å². The van der Waals surface area contributed by atoms with Crippen molar-refractivity contribution in [2.24, 2.45) is 0 Å². The molecule has 18 heavy (non-hydrogen) atoms. The summed E-state index contributed by atoms with van der Waals surface area (Å²) in [5.41, 5.74) is 1.02. The lowest BCUT2D eigenvalue weighted by Crippen LogP contribution is -2.25. The van der Waals surface area contributed by atoms with E-state index >= 15 is 0 Å². The van der Waals surface area contributed by atoms with Gasteiger partial charge in [0, 0.05) is 18.6 Å². The minimum Gasteiger partial charge on any atom is -0.337 e. The lowest BCUT2D eigenvalue weighted by molar-refractivity contribution is 0.0790. The summed E-state index contributed by atoms with van der Waals surface area (Å²) < 4.78 is 0.960. The zero-order valence-electron chi connectivity index (χ0n) is 9.69. The molecule has 0 fully saturated rings. The normalized spacial score (nSPS) is 10.4. The van der Waals surface area contributed by atoms with Gasteiger partial charge in [-0.25, -0.2) is 0 Å². The maximum atomic E-state index is 12.1. The van der Waals surface area contributed by atoms with Crippen LogP contribution in [0, 0.1) is 0 Å². The van der Waals surface area contributed by atoms with E-state index in [1.165, 1.54) is 11.3 Å². The molecule has 0 spiro atoms. The molecule has 0 N–H and O–H groups in total. The summed E-state index contributed by atoms with van der Waals surface area (Å²) in [5, 5.41) is 0.687. The molecule has 0 aliphatic heterocycles. The van der Waals surface area contributed by atoms with E-state index in [9.17, 15) is 4.79 Å². The lowest BCUT2D eigenvalue weighted by Gasteiger charge is -2.16. The Kier molecular flexibility index (Phi) is 4.43. The summed E-state index contributed by atoms with van der Waals surface area (Å²) in [5.74, 6) is 0.0191. The molecule has 5 heteroatoms.